The van der Waals surface area contributed by atoms with Crippen LogP contribution >= 0.6 is 0 Å². The zero-order chi connectivity index (χ0) is 11.4. The molecule has 1 aromatic rings. The quantitative estimate of drug-likeness (QED) is 0.745. The summed E-state index contributed by atoms with van der Waals surface area (Å²) in [5.74, 6) is 0. The van der Waals surface area contributed by atoms with Crippen LogP contribution in [-0.2, 0) is 16.5 Å². The minimum Gasteiger partial charge on any atom is -0.375 e. The molecular weight excluding hydrogens is 194 g/mol. The van der Waals surface area contributed by atoms with Crippen molar-refractivity contribution in [2.45, 2.75) is 26.2 Å². The Kier molecular flexibility index (Phi) is 4.11. The Bertz CT molecular complexity index is 308. The summed E-state index contributed by atoms with van der Waals surface area (Å²) in [5.41, 5.74) is 1.97. The Labute approximate surface area is 90.4 Å². The van der Waals surface area contributed by atoms with E-state index in [-0.39, 0.29) is 12.3 Å². The summed E-state index contributed by atoms with van der Waals surface area (Å²) < 4.78 is 12.1. The second-order valence-electron chi connectivity index (χ2n) is 3.57. The van der Waals surface area contributed by atoms with Crippen molar-refractivity contribution in [3.8, 4) is 0 Å². The van der Waals surface area contributed by atoms with Gasteiger partial charge in [0.05, 0.1) is 17.4 Å². The topological polar surface area (TPSA) is 48.3 Å². The third-order valence-corrected chi connectivity index (χ3v) is 2.27. The molecule has 5 heteroatoms. The number of rotatable bonds is 5. The van der Waals surface area contributed by atoms with Gasteiger partial charge in [0.1, 0.15) is 0 Å². The van der Waals surface area contributed by atoms with E-state index in [9.17, 15) is 0 Å². The first-order valence-corrected chi connectivity index (χ1v) is 4.90. The highest BCUT2D eigenvalue weighted by Gasteiger charge is 2.16. The summed E-state index contributed by atoms with van der Waals surface area (Å²) in [6.45, 7) is 3.97. The lowest BCUT2D eigenvalue weighted by atomic mass is 10.3. The molecule has 5 nitrogen and oxygen atoms in total. The van der Waals surface area contributed by atoms with Crippen LogP contribution in [0.25, 0.3) is 0 Å². The van der Waals surface area contributed by atoms with Crippen molar-refractivity contribution in [1.29, 1.82) is 0 Å². The van der Waals surface area contributed by atoms with Crippen LogP contribution in [-0.4, -0.2) is 36.3 Å². The van der Waals surface area contributed by atoms with Gasteiger partial charge in [-0.15, -0.1) is 0 Å². The fraction of sp³-hybridized carbons (Fsp3) is 0.700. The van der Waals surface area contributed by atoms with Crippen molar-refractivity contribution in [3.63, 3.8) is 0 Å². The number of nitrogens with zero attached hydrogens (tertiary/aromatic N) is 2. The third-order valence-electron chi connectivity index (χ3n) is 2.27. The van der Waals surface area contributed by atoms with E-state index >= 15 is 0 Å². The maximum absolute atomic E-state index is 5.17. The Hall–Kier alpha value is -1.07. The molecule has 0 radical (unpaired) electrons. The predicted molar refractivity (Wildman–Crippen MR) is 58.8 cm³/mol. The van der Waals surface area contributed by atoms with E-state index < -0.39 is 0 Å². The van der Waals surface area contributed by atoms with Crippen molar-refractivity contribution in [2.24, 2.45) is 7.05 Å². The van der Waals surface area contributed by atoms with Gasteiger partial charge in [-0.3, -0.25) is 4.68 Å². The van der Waals surface area contributed by atoms with Gasteiger partial charge in [0, 0.05) is 27.5 Å². The van der Waals surface area contributed by atoms with Crippen LogP contribution in [0.2, 0.25) is 0 Å². The van der Waals surface area contributed by atoms with Gasteiger partial charge in [0.25, 0.3) is 0 Å². The molecule has 0 aromatic carbocycles. The van der Waals surface area contributed by atoms with E-state index in [0.717, 1.165) is 11.4 Å². The number of ether oxygens (including phenoxy) is 2. The van der Waals surface area contributed by atoms with E-state index in [0.29, 0.717) is 0 Å². The molecule has 0 saturated carbocycles. The van der Waals surface area contributed by atoms with E-state index in [2.05, 4.69) is 10.4 Å². The molecule has 0 bridgehead atoms. The molecule has 1 unspecified atom stereocenters. The lowest BCUT2D eigenvalue weighted by Crippen LogP contribution is -2.33. The highest BCUT2D eigenvalue weighted by molar-refractivity contribution is 5.46. The van der Waals surface area contributed by atoms with Crippen molar-refractivity contribution in [2.75, 3.05) is 19.5 Å². The number of hydrogen-bond acceptors (Lipinski definition) is 4. The zero-order valence-electron chi connectivity index (χ0n) is 9.94. The molecule has 1 rings (SSSR count). The predicted octanol–water partition coefficient (Wildman–Crippen LogP) is 1.15. The molecule has 1 atom stereocenters. The summed E-state index contributed by atoms with van der Waals surface area (Å²) >= 11 is 0. The monoisotopic (exact) mass is 213 g/mol. The van der Waals surface area contributed by atoms with Crippen LogP contribution in [0.1, 0.15) is 12.6 Å². The number of aryl methyl sites for hydroxylation is 2. The fourth-order valence-corrected chi connectivity index (χ4v) is 1.56. The smallest absolute Gasteiger partial charge is 0.176 e. The van der Waals surface area contributed by atoms with Gasteiger partial charge in [-0.25, -0.2) is 0 Å². The van der Waals surface area contributed by atoms with E-state index in [4.69, 9.17) is 9.47 Å². The van der Waals surface area contributed by atoms with Crippen molar-refractivity contribution in [3.05, 3.63) is 11.9 Å². The summed E-state index contributed by atoms with van der Waals surface area (Å²) in [5, 5.41) is 7.55. The summed E-state index contributed by atoms with van der Waals surface area (Å²) in [6.07, 6.45) is 1.68. The third kappa shape index (κ3) is 2.94. The maximum atomic E-state index is 5.17. The van der Waals surface area contributed by atoms with Gasteiger partial charge in [0.15, 0.2) is 6.29 Å². The van der Waals surface area contributed by atoms with Gasteiger partial charge in [-0.1, -0.05) is 0 Å². The van der Waals surface area contributed by atoms with Gasteiger partial charge in [-0.05, 0) is 13.8 Å². The zero-order valence-corrected chi connectivity index (χ0v) is 9.94. The van der Waals surface area contributed by atoms with E-state index in [1.807, 2.05) is 27.1 Å². The number of hydrogen-bond donors (Lipinski definition) is 1. The molecule has 15 heavy (non-hydrogen) atoms. The fourth-order valence-electron chi connectivity index (χ4n) is 1.56. The highest BCUT2D eigenvalue weighted by atomic mass is 16.7. The summed E-state index contributed by atoms with van der Waals surface area (Å²) in [4.78, 5) is 0. The molecule has 1 aromatic heterocycles. The van der Waals surface area contributed by atoms with Crippen molar-refractivity contribution < 1.29 is 9.47 Å². The minimum absolute atomic E-state index is 0.0721. The normalized spacial score (nSPS) is 13.2. The van der Waals surface area contributed by atoms with E-state index in [1.54, 1.807) is 18.9 Å². The Balaban J connectivity index is 2.64. The first-order valence-electron chi connectivity index (χ1n) is 4.90. The number of anilines is 1. The molecule has 0 saturated heterocycles. The lowest BCUT2D eigenvalue weighted by molar-refractivity contribution is -0.109. The Morgan fingerprint density at radius 2 is 2.00 bits per heavy atom. The molecule has 1 heterocycles. The average Bonchev–Trinajstić information content (AvgIpc) is 2.47. The molecule has 0 aliphatic carbocycles. The Morgan fingerprint density at radius 3 is 2.40 bits per heavy atom. The van der Waals surface area contributed by atoms with Crippen LogP contribution in [0, 0.1) is 6.92 Å². The average molecular weight is 213 g/mol. The minimum atomic E-state index is -0.260. The molecule has 0 fully saturated rings. The number of nitrogens with one attached hydrogen (secondary N) is 1. The molecule has 1 N–H and O–H groups in total. The van der Waals surface area contributed by atoms with Gasteiger partial charge in [-0.2, -0.15) is 5.10 Å². The van der Waals surface area contributed by atoms with Crippen LogP contribution in [0.5, 0.6) is 0 Å². The van der Waals surface area contributed by atoms with Gasteiger partial charge < -0.3 is 14.8 Å². The van der Waals surface area contributed by atoms with Gasteiger partial charge >= 0.3 is 0 Å². The SMILES string of the molecule is COC(OC)C(C)Nc1cn(C)nc1C. The largest absolute Gasteiger partial charge is 0.375 e. The van der Waals surface area contributed by atoms with Crippen LogP contribution in [0.15, 0.2) is 6.20 Å². The van der Waals surface area contributed by atoms with Crippen LogP contribution < -0.4 is 5.32 Å². The molecular formula is C10H19N3O2. The standard InChI is InChI=1S/C10H19N3O2/c1-7-9(6-13(3)12-7)11-8(2)10(14-4)15-5/h6,8,10-11H,1-5H3. The Morgan fingerprint density at radius 1 is 1.40 bits per heavy atom. The second-order valence-corrected chi connectivity index (χ2v) is 3.57. The maximum Gasteiger partial charge on any atom is 0.176 e. The first kappa shape index (κ1) is 12.0. The van der Waals surface area contributed by atoms with E-state index in [1.165, 1.54) is 0 Å². The molecule has 0 spiro atoms. The highest BCUT2D eigenvalue weighted by Crippen LogP contribution is 2.14. The van der Waals surface area contributed by atoms with Gasteiger partial charge in [0.2, 0.25) is 0 Å². The molecule has 86 valence electrons. The molecule has 0 aliphatic rings. The lowest BCUT2D eigenvalue weighted by Gasteiger charge is -2.22. The molecule has 0 amide bonds. The summed E-state index contributed by atoms with van der Waals surface area (Å²) in [7, 11) is 5.15. The number of aromatic nitrogens is 2. The van der Waals surface area contributed by atoms with Crippen molar-refractivity contribution in [1.82, 2.24) is 9.78 Å². The summed E-state index contributed by atoms with van der Waals surface area (Å²) in [6, 6.07) is 0.0721. The van der Waals surface area contributed by atoms with Crippen LogP contribution in [0.3, 0.4) is 0 Å². The van der Waals surface area contributed by atoms with Crippen molar-refractivity contribution >= 4 is 5.69 Å². The second kappa shape index (κ2) is 5.14. The number of methoxy groups -OCH3 is 2. The first-order chi connectivity index (χ1) is 7.08. The molecule has 0 aliphatic heterocycles. The van der Waals surface area contributed by atoms with Crippen LogP contribution in [0.4, 0.5) is 5.69 Å².